The molecule has 236 valence electrons. The van der Waals surface area contributed by atoms with Crippen molar-refractivity contribution in [1.29, 1.82) is 15.8 Å². The number of hydrogen-bond acceptors (Lipinski definition) is 3. The minimum Gasteiger partial charge on any atom is -0.309 e. The Bertz CT molecular complexity index is 2870. The molecule has 51 heavy (non-hydrogen) atoms. The highest BCUT2D eigenvalue weighted by molar-refractivity contribution is 6.10. The van der Waals surface area contributed by atoms with E-state index in [0.29, 0.717) is 44.5 Å². The number of para-hydroxylation sites is 3. The highest BCUT2D eigenvalue weighted by Crippen LogP contribution is 2.41. The molecule has 0 amide bonds. The van der Waals surface area contributed by atoms with Crippen molar-refractivity contribution >= 4 is 38.3 Å². The van der Waals surface area contributed by atoms with Crippen molar-refractivity contribution in [3.8, 4) is 64.2 Å². The quantitative estimate of drug-likeness (QED) is 0.137. The Kier molecular flexibility index (Phi) is 7.52. The maximum atomic E-state index is 10.6. The third-order valence-electron chi connectivity index (χ3n) is 9.52. The molecule has 5 nitrogen and oxygen atoms in total. The van der Waals surface area contributed by atoms with Crippen LogP contribution >= 0.6 is 0 Å². The number of rotatable bonds is 5. The molecule has 2 aromatic heterocycles. The van der Waals surface area contributed by atoms with E-state index in [9.17, 15) is 15.8 Å². The molecule has 0 aliphatic rings. The van der Waals surface area contributed by atoms with Gasteiger partial charge in [-0.3, -0.25) is 0 Å². The van der Waals surface area contributed by atoms with Gasteiger partial charge in [-0.05, 0) is 72.1 Å². The van der Waals surface area contributed by atoms with Crippen LogP contribution in [0.5, 0.6) is 0 Å². The summed E-state index contributed by atoms with van der Waals surface area (Å²) >= 11 is 0. The Balaban J connectivity index is 1.35. The van der Waals surface area contributed by atoms with E-state index in [1.54, 1.807) is 25.1 Å². The minimum atomic E-state index is 0.373. The van der Waals surface area contributed by atoms with Crippen LogP contribution in [0, 0.1) is 46.3 Å². The fraction of sp³-hybridized carbons (Fsp3) is 0.0217. The van der Waals surface area contributed by atoms with Crippen LogP contribution in [0.3, 0.4) is 0 Å². The molecule has 0 saturated carbocycles. The van der Waals surface area contributed by atoms with Crippen molar-refractivity contribution in [2.24, 2.45) is 0 Å². The SMILES string of the molecule is C#Cc1c(/C(C#N)=C\C)n(-c2ccc(-c3ccccc3-c3ccccc3-n3c4ccccc4c4ccccc43)cc2C#N)c2ccc(C#N)cc12. The van der Waals surface area contributed by atoms with Crippen molar-refractivity contribution in [3.05, 3.63) is 162 Å². The summed E-state index contributed by atoms with van der Waals surface area (Å²) in [4.78, 5) is 0. The third kappa shape index (κ3) is 4.78. The lowest BCUT2D eigenvalue weighted by Gasteiger charge is -2.18. The van der Waals surface area contributed by atoms with E-state index in [0.717, 1.165) is 39.0 Å². The van der Waals surface area contributed by atoms with Gasteiger partial charge in [0.1, 0.15) is 12.1 Å². The van der Waals surface area contributed by atoms with Gasteiger partial charge in [0.25, 0.3) is 0 Å². The lowest BCUT2D eigenvalue weighted by molar-refractivity contribution is 1.09. The van der Waals surface area contributed by atoms with Crippen molar-refractivity contribution in [3.63, 3.8) is 0 Å². The van der Waals surface area contributed by atoms with Crippen LogP contribution in [0.4, 0.5) is 0 Å². The van der Waals surface area contributed by atoms with Gasteiger partial charge in [0.15, 0.2) is 0 Å². The number of hydrogen-bond donors (Lipinski definition) is 0. The summed E-state index contributed by atoms with van der Waals surface area (Å²) in [6.07, 6.45) is 7.76. The number of aromatic nitrogens is 2. The molecule has 6 aromatic carbocycles. The molecule has 0 unspecified atom stereocenters. The Morgan fingerprint density at radius 2 is 1.22 bits per heavy atom. The average Bonchev–Trinajstić information content (AvgIpc) is 3.70. The molecular formula is C46H27N5. The van der Waals surface area contributed by atoms with Crippen LogP contribution in [0.25, 0.3) is 71.9 Å². The van der Waals surface area contributed by atoms with Crippen LogP contribution in [-0.2, 0) is 0 Å². The van der Waals surface area contributed by atoms with Crippen LogP contribution < -0.4 is 0 Å². The van der Waals surface area contributed by atoms with Gasteiger partial charge in [0, 0.05) is 21.7 Å². The molecule has 5 heteroatoms. The zero-order chi connectivity index (χ0) is 35.1. The molecule has 0 radical (unpaired) electrons. The molecule has 8 aromatic rings. The second-order valence-corrected chi connectivity index (χ2v) is 12.1. The molecule has 0 aliphatic carbocycles. The molecule has 2 heterocycles. The summed E-state index contributed by atoms with van der Waals surface area (Å²) in [5, 5.41) is 33.5. The highest BCUT2D eigenvalue weighted by Gasteiger charge is 2.23. The summed E-state index contributed by atoms with van der Waals surface area (Å²) in [6, 6.07) is 51.6. The number of terminal acetylenes is 1. The fourth-order valence-corrected chi connectivity index (χ4v) is 7.30. The van der Waals surface area contributed by atoms with Crippen LogP contribution in [-0.4, -0.2) is 9.13 Å². The smallest absolute Gasteiger partial charge is 0.101 e. The molecular weight excluding hydrogens is 623 g/mol. The van der Waals surface area contributed by atoms with Crippen molar-refractivity contribution < 1.29 is 0 Å². The first-order chi connectivity index (χ1) is 25.1. The Morgan fingerprint density at radius 3 is 1.86 bits per heavy atom. The summed E-state index contributed by atoms with van der Waals surface area (Å²) in [5.41, 5.74) is 10.8. The molecule has 0 N–H and O–H groups in total. The highest BCUT2D eigenvalue weighted by atomic mass is 15.0. The van der Waals surface area contributed by atoms with Gasteiger partial charge >= 0.3 is 0 Å². The first kappa shape index (κ1) is 30.7. The van der Waals surface area contributed by atoms with Crippen LogP contribution in [0.2, 0.25) is 0 Å². The number of benzene rings is 6. The first-order valence-electron chi connectivity index (χ1n) is 16.5. The van der Waals surface area contributed by atoms with Gasteiger partial charge in [-0.15, -0.1) is 6.42 Å². The normalized spacial score (nSPS) is 11.3. The Morgan fingerprint density at radius 1 is 0.588 bits per heavy atom. The lowest BCUT2D eigenvalue weighted by atomic mass is 9.92. The number of nitriles is 3. The van der Waals surface area contributed by atoms with Gasteiger partial charge < -0.3 is 9.13 Å². The second-order valence-electron chi connectivity index (χ2n) is 12.1. The zero-order valence-electron chi connectivity index (χ0n) is 27.6. The lowest BCUT2D eigenvalue weighted by Crippen LogP contribution is -2.03. The van der Waals surface area contributed by atoms with Crippen molar-refractivity contribution in [2.75, 3.05) is 0 Å². The van der Waals surface area contributed by atoms with Gasteiger partial charge in [-0.2, -0.15) is 15.8 Å². The second kappa shape index (κ2) is 12.5. The third-order valence-corrected chi connectivity index (χ3v) is 9.52. The van der Waals surface area contributed by atoms with Crippen molar-refractivity contribution in [1.82, 2.24) is 9.13 Å². The van der Waals surface area contributed by atoms with E-state index in [-0.39, 0.29) is 0 Å². The van der Waals surface area contributed by atoms with Crippen LogP contribution in [0.1, 0.15) is 29.3 Å². The van der Waals surface area contributed by atoms with Crippen molar-refractivity contribution in [2.45, 2.75) is 6.92 Å². The van der Waals surface area contributed by atoms with Gasteiger partial charge in [0.05, 0.1) is 62.0 Å². The van der Waals surface area contributed by atoms with E-state index >= 15 is 0 Å². The van der Waals surface area contributed by atoms with E-state index in [4.69, 9.17) is 6.42 Å². The van der Waals surface area contributed by atoms with E-state index in [2.05, 4.69) is 114 Å². The predicted molar refractivity (Wildman–Crippen MR) is 205 cm³/mol. The van der Waals surface area contributed by atoms with Gasteiger partial charge in [-0.1, -0.05) is 96.9 Å². The topological polar surface area (TPSA) is 81.2 Å². The van der Waals surface area contributed by atoms with E-state index in [1.165, 1.54) is 10.8 Å². The van der Waals surface area contributed by atoms with E-state index < -0.39 is 0 Å². The summed E-state index contributed by atoms with van der Waals surface area (Å²) < 4.78 is 4.20. The van der Waals surface area contributed by atoms with Gasteiger partial charge in [0.2, 0.25) is 0 Å². The fourth-order valence-electron chi connectivity index (χ4n) is 7.30. The average molecular weight is 650 g/mol. The van der Waals surface area contributed by atoms with E-state index in [1.807, 2.05) is 41.0 Å². The predicted octanol–water partition coefficient (Wildman–Crippen LogP) is 10.7. The Hall–Kier alpha value is -7.57. The largest absolute Gasteiger partial charge is 0.309 e. The van der Waals surface area contributed by atoms with Gasteiger partial charge in [-0.25, -0.2) is 0 Å². The zero-order valence-corrected chi connectivity index (χ0v) is 27.6. The maximum absolute atomic E-state index is 10.6. The molecule has 0 aliphatic heterocycles. The monoisotopic (exact) mass is 649 g/mol. The van der Waals surface area contributed by atoms with Crippen LogP contribution in [0.15, 0.2) is 140 Å². The number of fused-ring (bicyclic) bond motifs is 4. The molecule has 0 spiro atoms. The standard InChI is InChI=1S/C46H27N5/c1-3-31(28-48)46-34(4-2)40-25-30(27-47)21-23-45(40)51(46)41-24-22-32(26-33(41)29-49)35-13-5-6-14-36(35)37-15-7-10-18-42(37)50-43-19-11-8-16-38(43)39-17-9-12-20-44(39)50/h2-3,5-26H,1H3/b31-3-. The number of allylic oxidation sites excluding steroid dienone is 2. The molecule has 0 fully saturated rings. The minimum absolute atomic E-state index is 0.373. The molecule has 8 rings (SSSR count). The maximum Gasteiger partial charge on any atom is 0.101 e. The summed E-state index contributed by atoms with van der Waals surface area (Å²) in [5.74, 6) is 2.76. The molecule has 0 atom stereocenters. The molecule has 0 saturated heterocycles. The molecule has 0 bridgehead atoms. The first-order valence-corrected chi connectivity index (χ1v) is 16.5. The summed E-state index contributed by atoms with van der Waals surface area (Å²) in [6.45, 7) is 1.78. The Labute approximate surface area is 295 Å². The number of nitrogens with zero attached hydrogens (tertiary/aromatic N) is 5. The summed E-state index contributed by atoms with van der Waals surface area (Å²) in [7, 11) is 0.